The maximum Gasteiger partial charge on any atom is 0.264 e. The maximum absolute atomic E-state index is 14.0. The molecule has 10 heteroatoms. The first-order valence-electron chi connectivity index (χ1n) is 13.8. The highest BCUT2D eigenvalue weighted by molar-refractivity contribution is 7.92. The Hall–Kier alpha value is -3.07. The molecule has 3 aromatic carbocycles. The van der Waals surface area contributed by atoms with Crippen LogP contribution in [-0.4, -0.2) is 50.3 Å². The molecule has 0 aromatic heterocycles. The molecule has 0 heterocycles. The molecule has 1 fully saturated rings. The van der Waals surface area contributed by atoms with Crippen molar-refractivity contribution in [2.45, 2.75) is 62.4 Å². The van der Waals surface area contributed by atoms with Gasteiger partial charge in [-0.3, -0.25) is 13.9 Å². The smallest absolute Gasteiger partial charge is 0.264 e. The zero-order valence-electron chi connectivity index (χ0n) is 23.0. The highest BCUT2D eigenvalue weighted by Gasteiger charge is 2.33. The number of carbonyl (C=O) groups excluding carboxylic acids is 2. The Labute approximate surface area is 252 Å². The van der Waals surface area contributed by atoms with E-state index in [4.69, 9.17) is 23.2 Å². The molecule has 0 saturated heterocycles. The van der Waals surface area contributed by atoms with Crippen molar-refractivity contribution in [3.63, 3.8) is 0 Å². The first-order chi connectivity index (χ1) is 19.7. The molecule has 1 atom stereocenters. The summed E-state index contributed by atoms with van der Waals surface area (Å²) in [4.78, 5) is 28.8. The maximum atomic E-state index is 14.0. The molecule has 3 aromatic rings. The number of benzene rings is 3. The summed E-state index contributed by atoms with van der Waals surface area (Å²) in [7, 11) is -4.16. The van der Waals surface area contributed by atoms with Crippen molar-refractivity contribution >= 4 is 50.7 Å². The molecule has 1 saturated carbocycles. The van der Waals surface area contributed by atoms with Crippen molar-refractivity contribution in [3.8, 4) is 0 Å². The first-order valence-corrected chi connectivity index (χ1v) is 16.0. The number of sulfonamides is 1. The van der Waals surface area contributed by atoms with Gasteiger partial charge in [0.25, 0.3) is 10.0 Å². The van der Waals surface area contributed by atoms with Crippen molar-refractivity contribution in [2.24, 2.45) is 0 Å². The minimum atomic E-state index is -4.16. The number of rotatable bonds is 11. The SMILES string of the molecule is CC(C(=O)NC1CCCCC1)N(CCc1ccccc1)C(=O)CN(c1ccc(Cl)c(Cl)c1)S(=O)(=O)c1ccccc1. The summed E-state index contributed by atoms with van der Waals surface area (Å²) in [6, 6.07) is 21.2. The fourth-order valence-electron chi connectivity index (χ4n) is 5.03. The van der Waals surface area contributed by atoms with Crippen LogP contribution in [0.4, 0.5) is 5.69 Å². The second kappa shape index (κ2) is 14.2. The molecule has 1 aliphatic carbocycles. The fourth-order valence-corrected chi connectivity index (χ4v) is 6.75. The van der Waals surface area contributed by atoms with Crippen LogP contribution in [0, 0.1) is 0 Å². The van der Waals surface area contributed by atoms with Crippen LogP contribution < -0.4 is 9.62 Å². The lowest BCUT2D eigenvalue weighted by molar-refractivity contribution is -0.139. The molecule has 1 unspecified atom stereocenters. The van der Waals surface area contributed by atoms with Gasteiger partial charge in [0.15, 0.2) is 0 Å². The van der Waals surface area contributed by atoms with Gasteiger partial charge in [-0.15, -0.1) is 0 Å². The van der Waals surface area contributed by atoms with Crippen LogP contribution in [0.5, 0.6) is 0 Å². The monoisotopic (exact) mass is 615 g/mol. The van der Waals surface area contributed by atoms with Gasteiger partial charge >= 0.3 is 0 Å². The van der Waals surface area contributed by atoms with E-state index >= 15 is 0 Å². The zero-order valence-corrected chi connectivity index (χ0v) is 25.3. The number of nitrogens with one attached hydrogen (secondary N) is 1. The van der Waals surface area contributed by atoms with Crippen molar-refractivity contribution in [3.05, 3.63) is 94.5 Å². The number of anilines is 1. The topological polar surface area (TPSA) is 86.8 Å². The Bertz CT molecular complexity index is 1430. The normalized spacial score (nSPS) is 14.7. The van der Waals surface area contributed by atoms with Crippen LogP contribution in [0.1, 0.15) is 44.6 Å². The summed E-state index contributed by atoms with van der Waals surface area (Å²) in [6.07, 6.45) is 5.61. The van der Waals surface area contributed by atoms with Crippen LogP contribution in [0.25, 0.3) is 0 Å². The van der Waals surface area contributed by atoms with Gasteiger partial charge in [0, 0.05) is 12.6 Å². The predicted octanol–water partition coefficient (Wildman–Crippen LogP) is 6.10. The Morgan fingerprint density at radius 1 is 0.902 bits per heavy atom. The summed E-state index contributed by atoms with van der Waals surface area (Å²) in [5.74, 6) is -0.747. The van der Waals surface area contributed by atoms with Gasteiger partial charge in [0.1, 0.15) is 12.6 Å². The molecule has 0 bridgehead atoms. The molecule has 0 aliphatic heterocycles. The van der Waals surface area contributed by atoms with Crippen molar-refractivity contribution < 1.29 is 18.0 Å². The molecule has 41 heavy (non-hydrogen) atoms. The standard InChI is InChI=1S/C31H35Cl2N3O4S/c1-23(31(38)34-25-13-7-3-8-14-25)35(20-19-24-11-5-2-6-12-24)30(37)22-36(26-17-18-28(32)29(33)21-26)41(39,40)27-15-9-4-10-16-27/h2,4-6,9-12,15-18,21,23,25H,3,7-8,13-14,19-20,22H2,1H3,(H,34,38). The second-order valence-electron chi connectivity index (χ2n) is 10.3. The molecule has 0 radical (unpaired) electrons. The van der Waals surface area contributed by atoms with Gasteiger partial charge in [-0.1, -0.05) is 91.0 Å². The molecule has 1 N–H and O–H groups in total. The average Bonchev–Trinajstić information content (AvgIpc) is 2.98. The van der Waals surface area contributed by atoms with Gasteiger partial charge in [-0.25, -0.2) is 8.42 Å². The van der Waals surface area contributed by atoms with E-state index in [1.165, 1.54) is 35.2 Å². The number of amides is 2. The summed E-state index contributed by atoms with van der Waals surface area (Å²) >= 11 is 12.4. The fraction of sp³-hybridized carbons (Fsp3) is 0.355. The van der Waals surface area contributed by atoms with E-state index in [9.17, 15) is 18.0 Å². The average molecular weight is 617 g/mol. The van der Waals surface area contributed by atoms with Crippen LogP contribution in [0.2, 0.25) is 10.0 Å². The molecule has 218 valence electrons. The van der Waals surface area contributed by atoms with E-state index < -0.39 is 28.5 Å². The highest BCUT2D eigenvalue weighted by Crippen LogP contribution is 2.31. The lowest BCUT2D eigenvalue weighted by Gasteiger charge is -2.33. The Morgan fingerprint density at radius 3 is 2.17 bits per heavy atom. The third-order valence-electron chi connectivity index (χ3n) is 7.40. The highest BCUT2D eigenvalue weighted by atomic mass is 35.5. The first kappa shape index (κ1) is 30.9. The molecular formula is C31H35Cl2N3O4S. The Morgan fingerprint density at radius 2 is 1.54 bits per heavy atom. The molecule has 7 nitrogen and oxygen atoms in total. The lowest BCUT2D eigenvalue weighted by atomic mass is 9.95. The number of hydrogen-bond acceptors (Lipinski definition) is 4. The molecule has 1 aliphatic rings. The van der Waals surface area contributed by atoms with Gasteiger partial charge in [0.2, 0.25) is 11.8 Å². The van der Waals surface area contributed by atoms with Crippen LogP contribution >= 0.6 is 23.2 Å². The van der Waals surface area contributed by atoms with E-state index in [-0.39, 0.29) is 39.1 Å². The minimum absolute atomic E-state index is 0.0257. The van der Waals surface area contributed by atoms with Crippen LogP contribution in [-0.2, 0) is 26.0 Å². The number of halogens is 2. The van der Waals surface area contributed by atoms with E-state index in [1.54, 1.807) is 25.1 Å². The number of hydrogen-bond donors (Lipinski definition) is 1. The second-order valence-corrected chi connectivity index (χ2v) is 12.9. The molecule has 4 rings (SSSR count). The van der Waals surface area contributed by atoms with E-state index in [1.807, 2.05) is 30.3 Å². The summed E-state index contributed by atoms with van der Waals surface area (Å²) in [5.41, 5.74) is 1.20. The molecule has 2 amide bonds. The van der Waals surface area contributed by atoms with Gasteiger partial charge in [-0.2, -0.15) is 0 Å². The minimum Gasteiger partial charge on any atom is -0.352 e. The summed E-state index contributed by atoms with van der Waals surface area (Å²) in [6.45, 7) is 1.41. The van der Waals surface area contributed by atoms with Gasteiger partial charge < -0.3 is 10.2 Å². The summed E-state index contributed by atoms with van der Waals surface area (Å²) in [5, 5.41) is 3.53. The van der Waals surface area contributed by atoms with E-state index in [0.29, 0.717) is 6.42 Å². The van der Waals surface area contributed by atoms with Crippen molar-refractivity contribution in [2.75, 3.05) is 17.4 Å². The predicted molar refractivity (Wildman–Crippen MR) is 164 cm³/mol. The third-order valence-corrected chi connectivity index (χ3v) is 9.93. The third kappa shape index (κ3) is 8.03. The Kier molecular flexibility index (Phi) is 10.7. The quantitative estimate of drug-likeness (QED) is 0.282. The van der Waals surface area contributed by atoms with Crippen molar-refractivity contribution in [1.29, 1.82) is 0 Å². The van der Waals surface area contributed by atoms with E-state index in [2.05, 4.69) is 5.32 Å². The Balaban J connectivity index is 1.64. The lowest BCUT2D eigenvalue weighted by Crippen LogP contribution is -2.53. The molecule has 0 spiro atoms. The number of carbonyl (C=O) groups is 2. The summed E-state index contributed by atoms with van der Waals surface area (Å²) < 4.78 is 28.7. The van der Waals surface area contributed by atoms with Gasteiger partial charge in [0.05, 0.1) is 20.6 Å². The van der Waals surface area contributed by atoms with Crippen LogP contribution in [0.3, 0.4) is 0 Å². The van der Waals surface area contributed by atoms with Crippen molar-refractivity contribution in [1.82, 2.24) is 10.2 Å². The largest absolute Gasteiger partial charge is 0.352 e. The molecular weight excluding hydrogens is 581 g/mol. The van der Waals surface area contributed by atoms with E-state index in [0.717, 1.165) is 42.0 Å². The van der Waals surface area contributed by atoms with Crippen LogP contribution in [0.15, 0.2) is 83.8 Å². The zero-order chi connectivity index (χ0) is 29.4. The number of nitrogens with zero attached hydrogens (tertiary/aromatic N) is 2. The van der Waals surface area contributed by atoms with Gasteiger partial charge in [-0.05, 0) is 62.1 Å².